The molecule has 0 bridgehead atoms. The Morgan fingerprint density at radius 2 is 2.21 bits per heavy atom. The number of benzene rings is 1. The zero-order valence-corrected chi connectivity index (χ0v) is 8.72. The van der Waals surface area contributed by atoms with E-state index in [1.807, 2.05) is 42.3 Å². The molecule has 0 unspecified atom stereocenters. The van der Waals surface area contributed by atoms with E-state index in [-0.39, 0.29) is 0 Å². The molecule has 2 heteroatoms. The molecule has 2 rings (SSSR count). The molecule has 1 aromatic heterocycles. The molecule has 0 atom stereocenters. The van der Waals surface area contributed by atoms with Crippen molar-refractivity contribution in [3.8, 4) is 0 Å². The third-order valence-corrected chi connectivity index (χ3v) is 3.04. The summed E-state index contributed by atoms with van der Waals surface area (Å²) in [5.74, 6) is 1.97. The third kappa shape index (κ3) is 1.85. The number of hydrogen-bond acceptors (Lipinski definition) is 2. The molecule has 0 aliphatic heterocycles. The van der Waals surface area contributed by atoms with Gasteiger partial charge in [-0.2, -0.15) is 11.8 Å². The first kappa shape index (κ1) is 9.41. The lowest BCUT2D eigenvalue weighted by Crippen LogP contribution is -1.77. The van der Waals surface area contributed by atoms with Gasteiger partial charge in [0.05, 0.1) is 6.26 Å². The molecule has 0 aliphatic rings. The molecule has 1 aromatic carbocycles. The van der Waals surface area contributed by atoms with Gasteiger partial charge in [-0.3, -0.25) is 0 Å². The van der Waals surface area contributed by atoms with Crippen molar-refractivity contribution in [2.24, 2.45) is 0 Å². The molecule has 14 heavy (non-hydrogen) atoms. The van der Waals surface area contributed by atoms with Crippen LogP contribution >= 0.6 is 11.8 Å². The fourth-order valence-corrected chi connectivity index (χ4v) is 2.12. The Bertz CT molecular complexity index is 431. The summed E-state index contributed by atoms with van der Waals surface area (Å²) in [4.78, 5) is 0. The number of rotatable bonds is 4. The number of furan rings is 1. The van der Waals surface area contributed by atoms with Crippen LogP contribution in [0.2, 0.25) is 0 Å². The average Bonchev–Trinajstić information content (AvgIpc) is 2.63. The summed E-state index contributed by atoms with van der Waals surface area (Å²) in [6.45, 7) is 3.70. The van der Waals surface area contributed by atoms with Gasteiger partial charge >= 0.3 is 0 Å². The Balaban J connectivity index is 2.20. The van der Waals surface area contributed by atoms with Crippen molar-refractivity contribution in [2.45, 2.75) is 5.75 Å². The molecule has 0 fully saturated rings. The van der Waals surface area contributed by atoms with Gasteiger partial charge in [-0.15, -0.1) is 6.58 Å². The minimum Gasteiger partial charge on any atom is -0.464 e. The van der Waals surface area contributed by atoms with Crippen LogP contribution in [-0.4, -0.2) is 5.75 Å². The summed E-state index contributed by atoms with van der Waals surface area (Å²) in [6.07, 6.45) is 3.77. The maximum atomic E-state index is 5.44. The second-order valence-electron chi connectivity index (χ2n) is 3.06. The number of para-hydroxylation sites is 1. The first-order valence-corrected chi connectivity index (χ1v) is 5.71. The van der Waals surface area contributed by atoms with Gasteiger partial charge in [0.25, 0.3) is 0 Å². The van der Waals surface area contributed by atoms with E-state index < -0.39 is 0 Å². The maximum absolute atomic E-state index is 5.44. The maximum Gasteiger partial charge on any atom is 0.134 e. The lowest BCUT2D eigenvalue weighted by molar-refractivity contribution is 0.612. The molecule has 0 spiro atoms. The van der Waals surface area contributed by atoms with Crippen LogP contribution in [0.15, 0.2) is 47.6 Å². The van der Waals surface area contributed by atoms with Gasteiger partial charge in [0.2, 0.25) is 0 Å². The second kappa shape index (κ2) is 4.38. The normalized spacial score (nSPS) is 10.6. The van der Waals surface area contributed by atoms with Crippen molar-refractivity contribution in [2.75, 3.05) is 5.75 Å². The van der Waals surface area contributed by atoms with Crippen molar-refractivity contribution in [1.29, 1.82) is 0 Å². The van der Waals surface area contributed by atoms with Gasteiger partial charge in [-0.25, -0.2) is 0 Å². The first-order valence-electron chi connectivity index (χ1n) is 4.55. The summed E-state index contributed by atoms with van der Waals surface area (Å²) in [6, 6.07) is 8.13. The molecule has 0 saturated heterocycles. The van der Waals surface area contributed by atoms with E-state index in [1.165, 1.54) is 10.9 Å². The van der Waals surface area contributed by atoms with Crippen molar-refractivity contribution in [3.05, 3.63) is 48.7 Å². The van der Waals surface area contributed by atoms with E-state index in [0.29, 0.717) is 0 Å². The molecule has 1 nitrogen and oxygen atoms in total. The fourth-order valence-electron chi connectivity index (χ4n) is 1.40. The van der Waals surface area contributed by atoms with Crippen LogP contribution in [0.25, 0.3) is 11.0 Å². The Kier molecular flexibility index (Phi) is 2.94. The first-order chi connectivity index (χ1) is 6.92. The van der Waals surface area contributed by atoms with Gasteiger partial charge in [0.15, 0.2) is 0 Å². The predicted molar refractivity (Wildman–Crippen MR) is 62.6 cm³/mol. The molecule has 2 aromatic rings. The van der Waals surface area contributed by atoms with Gasteiger partial charge < -0.3 is 4.42 Å². The van der Waals surface area contributed by atoms with Crippen LogP contribution in [0.5, 0.6) is 0 Å². The van der Waals surface area contributed by atoms with Crippen LogP contribution in [-0.2, 0) is 5.75 Å². The van der Waals surface area contributed by atoms with Gasteiger partial charge in [-0.05, 0) is 6.07 Å². The molecule has 0 saturated carbocycles. The van der Waals surface area contributed by atoms with E-state index in [4.69, 9.17) is 4.42 Å². The Hall–Kier alpha value is -1.15. The minimum absolute atomic E-state index is 0.974. The minimum atomic E-state index is 0.974. The third-order valence-electron chi connectivity index (χ3n) is 2.05. The van der Waals surface area contributed by atoms with Gasteiger partial charge in [-0.1, -0.05) is 24.3 Å². The molecule has 0 aliphatic carbocycles. The van der Waals surface area contributed by atoms with Crippen molar-refractivity contribution in [3.63, 3.8) is 0 Å². The van der Waals surface area contributed by atoms with Crippen LogP contribution in [0.1, 0.15) is 5.56 Å². The van der Waals surface area contributed by atoms with Crippen LogP contribution in [0.4, 0.5) is 0 Å². The summed E-state index contributed by atoms with van der Waals surface area (Å²) in [5.41, 5.74) is 2.24. The molecule has 0 radical (unpaired) electrons. The highest BCUT2D eigenvalue weighted by Crippen LogP contribution is 2.24. The van der Waals surface area contributed by atoms with E-state index in [2.05, 4.69) is 12.6 Å². The van der Waals surface area contributed by atoms with Gasteiger partial charge in [0, 0.05) is 22.5 Å². The standard InChI is InChI=1S/C12H12OS/c1-2-7-14-9-10-8-13-12-6-4-3-5-11(10)12/h2-6,8H,1,7,9H2. The highest BCUT2D eigenvalue weighted by molar-refractivity contribution is 7.98. The monoisotopic (exact) mass is 204 g/mol. The number of fused-ring (bicyclic) bond motifs is 1. The largest absolute Gasteiger partial charge is 0.464 e. The quantitative estimate of drug-likeness (QED) is 0.554. The SMILES string of the molecule is C=CCSCc1coc2ccccc12. The van der Waals surface area contributed by atoms with E-state index in [9.17, 15) is 0 Å². The lowest BCUT2D eigenvalue weighted by Gasteiger charge is -1.95. The highest BCUT2D eigenvalue weighted by Gasteiger charge is 2.03. The Morgan fingerprint density at radius 1 is 1.36 bits per heavy atom. The summed E-state index contributed by atoms with van der Waals surface area (Å²) < 4.78 is 5.44. The molecule has 1 heterocycles. The van der Waals surface area contributed by atoms with Gasteiger partial charge in [0.1, 0.15) is 5.58 Å². The molecule has 72 valence electrons. The molecule has 0 N–H and O–H groups in total. The fraction of sp³-hybridized carbons (Fsp3) is 0.167. The van der Waals surface area contributed by atoms with Crippen molar-refractivity contribution in [1.82, 2.24) is 0 Å². The zero-order valence-electron chi connectivity index (χ0n) is 7.90. The van der Waals surface area contributed by atoms with E-state index in [1.54, 1.807) is 0 Å². The smallest absolute Gasteiger partial charge is 0.134 e. The number of thioether (sulfide) groups is 1. The van der Waals surface area contributed by atoms with Crippen molar-refractivity contribution < 1.29 is 4.42 Å². The van der Waals surface area contributed by atoms with Crippen molar-refractivity contribution >= 4 is 22.7 Å². The molecular formula is C12H12OS. The molecular weight excluding hydrogens is 192 g/mol. The Morgan fingerprint density at radius 3 is 3.07 bits per heavy atom. The van der Waals surface area contributed by atoms with Crippen LogP contribution in [0.3, 0.4) is 0 Å². The topological polar surface area (TPSA) is 13.1 Å². The Labute approximate surface area is 87.8 Å². The second-order valence-corrected chi connectivity index (χ2v) is 4.09. The molecule has 0 amide bonds. The highest BCUT2D eigenvalue weighted by atomic mass is 32.2. The van der Waals surface area contributed by atoms with E-state index in [0.717, 1.165) is 17.1 Å². The summed E-state index contributed by atoms with van der Waals surface area (Å²) in [5, 5.41) is 1.23. The summed E-state index contributed by atoms with van der Waals surface area (Å²) in [7, 11) is 0. The van der Waals surface area contributed by atoms with E-state index >= 15 is 0 Å². The van der Waals surface area contributed by atoms with Crippen LogP contribution in [0, 0.1) is 0 Å². The summed E-state index contributed by atoms with van der Waals surface area (Å²) >= 11 is 1.85. The van der Waals surface area contributed by atoms with Crippen LogP contribution < -0.4 is 0 Å². The zero-order chi connectivity index (χ0) is 9.80. The number of hydrogen-bond donors (Lipinski definition) is 0. The average molecular weight is 204 g/mol. The predicted octanol–water partition coefficient (Wildman–Crippen LogP) is 3.85. The lowest BCUT2D eigenvalue weighted by atomic mass is 10.2.